The topological polar surface area (TPSA) is 98.3 Å². The maximum Gasteiger partial charge on any atom is 0.414 e. The number of fused-ring (bicyclic) bond motifs is 1. The first-order valence-electron chi connectivity index (χ1n) is 7.97. The maximum absolute atomic E-state index is 12.1. The minimum Gasteiger partial charge on any atom is -0.442 e. The lowest BCUT2D eigenvalue weighted by molar-refractivity contribution is -0.119. The van der Waals surface area contributed by atoms with Crippen molar-refractivity contribution < 1.29 is 23.6 Å². The summed E-state index contributed by atoms with van der Waals surface area (Å²) in [7, 11) is 1.82. The summed E-state index contributed by atoms with van der Waals surface area (Å²) in [6.45, 7) is 4.34. The molecule has 1 N–H and O–H groups in total. The Morgan fingerprint density at radius 2 is 2.28 bits per heavy atom. The number of nitrogens with one attached hydrogen (secondary N) is 1. The Kier molecular flexibility index (Phi) is 4.64. The van der Waals surface area contributed by atoms with Gasteiger partial charge in [0, 0.05) is 20.0 Å². The van der Waals surface area contributed by atoms with Crippen molar-refractivity contribution in [2.24, 2.45) is 12.2 Å². The monoisotopic (exact) mass is 348 g/mol. The van der Waals surface area contributed by atoms with E-state index in [1.54, 1.807) is 10.6 Å². The number of rotatable bonds is 5. The van der Waals surface area contributed by atoms with Gasteiger partial charge >= 0.3 is 11.8 Å². The van der Waals surface area contributed by atoms with Crippen molar-refractivity contribution in [3.8, 4) is 0 Å². The van der Waals surface area contributed by atoms with Crippen LogP contribution in [0.2, 0.25) is 0 Å². The standard InChI is InChI=1S/C16H20N4O5/c1-4-23-18-15-19(3)13-6-5-11(7-14(13)25-15)20-9-12(24-16(20)22)8-17-10(2)21/h5-7,12H,4,8-9H2,1-3H3,(H,17,21)/b18-15+/t12-/m0/s1. The predicted molar refractivity (Wildman–Crippen MR) is 88.7 cm³/mol. The van der Waals surface area contributed by atoms with Gasteiger partial charge in [-0.1, -0.05) is 0 Å². The molecular weight excluding hydrogens is 328 g/mol. The number of anilines is 1. The van der Waals surface area contributed by atoms with E-state index in [4.69, 9.17) is 14.0 Å². The number of aromatic nitrogens is 1. The molecule has 1 saturated heterocycles. The number of aryl methyl sites for hydroxylation is 1. The molecule has 1 aromatic carbocycles. The van der Waals surface area contributed by atoms with E-state index in [-0.39, 0.29) is 18.6 Å². The van der Waals surface area contributed by atoms with Crippen LogP contribution in [0, 0.1) is 0 Å². The van der Waals surface area contributed by atoms with Crippen LogP contribution in [0.25, 0.3) is 11.1 Å². The number of oxazole rings is 1. The first-order chi connectivity index (χ1) is 12.0. The average Bonchev–Trinajstić information content (AvgIpc) is 3.11. The van der Waals surface area contributed by atoms with Gasteiger partial charge in [-0.15, -0.1) is 0 Å². The Morgan fingerprint density at radius 3 is 3.00 bits per heavy atom. The predicted octanol–water partition coefficient (Wildman–Crippen LogP) is 1.08. The van der Waals surface area contributed by atoms with Crippen LogP contribution in [-0.4, -0.2) is 42.4 Å². The number of nitrogens with zero attached hydrogens (tertiary/aromatic N) is 3. The van der Waals surface area contributed by atoms with E-state index >= 15 is 0 Å². The first kappa shape index (κ1) is 16.9. The van der Waals surface area contributed by atoms with Crippen molar-refractivity contribution in [1.82, 2.24) is 9.88 Å². The summed E-state index contributed by atoms with van der Waals surface area (Å²) in [5.41, 5.74) is 2.39. The van der Waals surface area contributed by atoms with Crippen LogP contribution in [0.3, 0.4) is 0 Å². The van der Waals surface area contributed by atoms with Crippen LogP contribution < -0.4 is 15.9 Å². The van der Waals surface area contributed by atoms with Gasteiger partial charge in [0.2, 0.25) is 5.91 Å². The molecule has 0 bridgehead atoms. The molecule has 1 aliphatic heterocycles. The Labute approximate surface area is 143 Å². The second-order valence-electron chi connectivity index (χ2n) is 5.66. The van der Waals surface area contributed by atoms with Gasteiger partial charge in [-0.2, -0.15) is 0 Å². The molecule has 0 radical (unpaired) electrons. The number of hydrogen-bond acceptors (Lipinski definition) is 6. The molecule has 0 spiro atoms. The number of carbonyl (C=O) groups excluding carboxylic acids is 2. The fraction of sp³-hybridized carbons (Fsp3) is 0.438. The van der Waals surface area contributed by atoms with Crippen molar-refractivity contribution in [2.75, 3.05) is 24.6 Å². The summed E-state index contributed by atoms with van der Waals surface area (Å²) in [4.78, 5) is 29.6. The molecule has 2 heterocycles. The smallest absolute Gasteiger partial charge is 0.414 e. The lowest BCUT2D eigenvalue weighted by Crippen LogP contribution is -2.33. The quantitative estimate of drug-likeness (QED) is 0.816. The number of ether oxygens (including phenoxy) is 1. The van der Waals surface area contributed by atoms with Crippen molar-refractivity contribution >= 4 is 28.8 Å². The number of carbonyl (C=O) groups is 2. The fourth-order valence-corrected chi connectivity index (χ4v) is 2.60. The Bertz CT molecular complexity index is 869. The van der Waals surface area contributed by atoms with Crippen molar-refractivity contribution in [1.29, 1.82) is 0 Å². The minimum absolute atomic E-state index is 0.162. The summed E-state index contributed by atoms with van der Waals surface area (Å²) in [6.07, 6.45) is -0.840. The Morgan fingerprint density at radius 1 is 1.48 bits per heavy atom. The molecule has 2 amide bonds. The lowest BCUT2D eigenvalue weighted by Gasteiger charge is -2.12. The highest BCUT2D eigenvalue weighted by molar-refractivity contribution is 5.92. The molecule has 1 aromatic heterocycles. The van der Waals surface area contributed by atoms with Crippen LogP contribution in [0.15, 0.2) is 27.8 Å². The van der Waals surface area contributed by atoms with Gasteiger partial charge in [-0.3, -0.25) is 14.3 Å². The molecular formula is C16H20N4O5. The number of benzene rings is 1. The SMILES string of the molecule is CCO/N=c1/oc2cc(N3C[C@H](CNC(C)=O)OC3=O)ccc2n1C. The van der Waals surface area contributed by atoms with E-state index in [2.05, 4.69) is 10.5 Å². The van der Waals surface area contributed by atoms with Gasteiger partial charge in [0.1, 0.15) is 12.7 Å². The third-order valence-electron chi connectivity index (χ3n) is 3.83. The van der Waals surface area contributed by atoms with E-state index in [1.807, 2.05) is 26.1 Å². The largest absolute Gasteiger partial charge is 0.442 e. The molecule has 1 atom stereocenters. The summed E-state index contributed by atoms with van der Waals surface area (Å²) in [5, 5.41) is 6.56. The highest BCUT2D eigenvalue weighted by Crippen LogP contribution is 2.25. The first-order valence-corrected chi connectivity index (χ1v) is 7.97. The van der Waals surface area contributed by atoms with Gasteiger partial charge in [-0.05, 0) is 24.2 Å². The molecule has 2 aromatic rings. The zero-order valence-corrected chi connectivity index (χ0v) is 14.3. The molecule has 9 heteroatoms. The van der Waals surface area contributed by atoms with Crippen molar-refractivity contribution in [2.45, 2.75) is 20.0 Å². The van der Waals surface area contributed by atoms with E-state index in [0.717, 1.165) is 5.52 Å². The molecule has 9 nitrogen and oxygen atoms in total. The number of amides is 2. The number of cyclic esters (lactones) is 1. The molecule has 0 aliphatic carbocycles. The van der Waals surface area contributed by atoms with Gasteiger partial charge in [-0.25, -0.2) is 4.79 Å². The third kappa shape index (κ3) is 3.44. The van der Waals surface area contributed by atoms with Crippen LogP contribution in [0.1, 0.15) is 13.8 Å². The van der Waals surface area contributed by atoms with E-state index in [9.17, 15) is 9.59 Å². The average molecular weight is 348 g/mol. The third-order valence-corrected chi connectivity index (χ3v) is 3.83. The second kappa shape index (κ2) is 6.88. The van der Waals surface area contributed by atoms with Crippen LogP contribution >= 0.6 is 0 Å². The van der Waals surface area contributed by atoms with Gasteiger partial charge in [0.15, 0.2) is 5.58 Å². The lowest BCUT2D eigenvalue weighted by atomic mass is 10.2. The minimum atomic E-state index is -0.454. The van der Waals surface area contributed by atoms with Crippen molar-refractivity contribution in [3.05, 3.63) is 23.9 Å². The number of hydrogen-bond donors (Lipinski definition) is 1. The fourth-order valence-electron chi connectivity index (χ4n) is 2.60. The van der Waals surface area contributed by atoms with Crippen LogP contribution in [0.5, 0.6) is 0 Å². The van der Waals surface area contributed by atoms with E-state index < -0.39 is 6.09 Å². The molecule has 3 rings (SSSR count). The Balaban J connectivity index is 1.84. The zero-order valence-electron chi connectivity index (χ0n) is 14.3. The Hall–Kier alpha value is -2.97. The van der Waals surface area contributed by atoms with Gasteiger partial charge < -0.3 is 19.3 Å². The van der Waals surface area contributed by atoms with E-state index in [1.165, 1.54) is 11.8 Å². The molecule has 25 heavy (non-hydrogen) atoms. The molecule has 1 aliphatic rings. The van der Waals surface area contributed by atoms with E-state index in [0.29, 0.717) is 30.1 Å². The molecule has 134 valence electrons. The van der Waals surface area contributed by atoms with Gasteiger partial charge in [0.25, 0.3) is 0 Å². The summed E-state index contributed by atoms with van der Waals surface area (Å²) >= 11 is 0. The summed E-state index contributed by atoms with van der Waals surface area (Å²) in [6, 6.07) is 5.40. The highest BCUT2D eigenvalue weighted by atomic mass is 16.6. The zero-order chi connectivity index (χ0) is 18.0. The van der Waals surface area contributed by atoms with Gasteiger partial charge in [0.05, 0.1) is 24.3 Å². The van der Waals surface area contributed by atoms with Crippen LogP contribution in [0.4, 0.5) is 10.5 Å². The van der Waals surface area contributed by atoms with Crippen molar-refractivity contribution in [3.63, 3.8) is 0 Å². The summed E-state index contributed by atoms with van der Waals surface area (Å²) < 4.78 is 12.7. The van der Waals surface area contributed by atoms with Crippen LogP contribution in [-0.2, 0) is 21.4 Å². The summed E-state index contributed by atoms with van der Waals surface area (Å²) in [5.74, 6) is -0.162. The molecule has 1 fully saturated rings. The maximum atomic E-state index is 12.1. The second-order valence-corrected chi connectivity index (χ2v) is 5.66. The highest BCUT2D eigenvalue weighted by Gasteiger charge is 2.32. The molecule has 0 saturated carbocycles. The normalized spacial score (nSPS) is 17.9. The molecule has 0 unspecified atom stereocenters.